The summed E-state index contributed by atoms with van der Waals surface area (Å²) in [5.74, 6) is 0. The molecule has 0 aromatic rings. The van der Waals surface area contributed by atoms with Crippen LogP contribution in [0.25, 0.3) is 0 Å². The molecule has 0 aliphatic carbocycles. The zero-order chi connectivity index (χ0) is 11.2. The lowest BCUT2D eigenvalue weighted by atomic mass is 10.1. The second-order valence-electron chi connectivity index (χ2n) is 3.28. The van der Waals surface area contributed by atoms with E-state index in [0.29, 0.717) is 6.54 Å². The fraction of sp³-hybridized carbons (Fsp3) is 0.778. The van der Waals surface area contributed by atoms with Crippen LogP contribution in [0, 0.1) is 0 Å². The molecule has 2 N–H and O–H groups in total. The lowest BCUT2D eigenvalue weighted by Gasteiger charge is -2.05. The third kappa shape index (κ3) is 5.36. The van der Waals surface area contributed by atoms with Gasteiger partial charge in [-0.15, -0.1) is 0 Å². The average Bonchev–Trinajstić information content (AvgIpc) is 2.15. The number of hydrogen-bond donors (Lipinski definition) is 1. The van der Waals surface area contributed by atoms with Gasteiger partial charge in [0.2, 0.25) is 10.2 Å². The maximum Gasteiger partial charge on any atom is 0.228 e. The van der Waals surface area contributed by atoms with Crippen molar-refractivity contribution in [3.63, 3.8) is 0 Å². The van der Waals surface area contributed by atoms with E-state index >= 15 is 0 Å². The summed E-state index contributed by atoms with van der Waals surface area (Å²) in [4.78, 5) is 0. The Labute approximate surface area is 87.0 Å². The molecule has 84 valence electrons. The van der Waals surface area contributed by atoms with Crippen molar-refractivity contribution in [2.24, 2.45) is 9.50 Å². The van der Waals surface area contributed by atoms with Crippen molar-refractivity contribution in [2.75, 3.05) is 13.7 Å². The van der Waals surface area contributed by atoms with Crippen molar-refractivity contribution in [3.05, 3.63) is 11.1 Å². The molecule has 5 heteroatoms. The normalized spacial score (nSPS) is 17.2. The molecule has 0 aromatic carbocycles. The summed E-state index contributed by atoms with van der Waals surface area (Å²) in [6.07, 6.45) is 2.14. The summed E-state index contributed by atoms with van der Waals surface area (Å²) in [6.45, 7) is 6.53. The first-order valence-electron chi connectivity index (χ1n) is 4.64. The van der Waals surface area contributed by atoms with Crippen LogP contribution >= 0.6 is 0 Å². The number of rotatable bonds is 5. The zero-order valence-electron chi connectivity index (χ0n) is 9.37. The molecule has 0 aliphatic rings. The Morgan fingerprint density at radius 1 is 1.43 bits per heavy atom. The monoisotopic (exact) mass is 220 g/mol. The number of hydrogen-bond acceptors (Lipinski definition) is 3. The van der Waals surface area contributed by atoms with Crippen LogP contribution in [0.15, 0.2) is 15.5 Å². The predicted molar refractivity (Wildman–Crippen MR) is 59.9 cm³/mol. The van der Waals surface area contributed by atoms with E-state index in [1.165, 1.54) is 12.7 Å². The van der Waals surface area contributed by atoms with E-state index in [9.17, 15) is 4.21 Å². The van der Waals surface area contributed by atoms with Gasteiger partial charge in [-0.2, -0.15) is 4.36 Å². The summed E-state index contributed by atoms with van der Waals surface area (Å²) < 4.78 is 19.6. The molecular weight excluding hydrogens is 200 g/mol. The molecule has 0 aromatic heterocycles. The minimum Gasteiger partial charge on any atom is -0.277 e. The fourth-order valence-corrected chi connectivity index (χ4v) is 1.44. The topological polar surface area (TPSA) is 64.7 Å². The first-order chi connectivity index (χ1) is 6.43. The molecular formula is C9H20N2O2S. The fourth-order valence-electron chi connectivity index (χ4n) is 0.963. The Morgan fingerprint density at radius 3 is 2.43 bits per heavy atom. The molecule has 0 saturated carbocycles. The van der Waals surface area contributed by atoms with Gasteiger partial charge in [0.1, 0.15) is 0 Å². The van der Waals surface area contributed by atoms with Crippen LogP contribution in [0.5, 0.6) is 0 Å². The largest absolute Gasteiger partial charge is 0.277 e. The number of nitrogens with zero attached hydrogens (tertiary/aromatic N) is 1. The molecule has 4 nitrogen and oxygen atoms in total. The zero-order valence-corrected chi connectivity index (χ0v) is 10.2. The first kappa shape index (κ1) is 13.6. The van der Waals surface area contributed by atoms with E-state index in [-0.39, 0.29) is 0 Å². The van der Waals surface area contributed by atoms with Gasteiger partial charge in [0.15, 0.2) is 0 Å². The summed E-state index contributed by atoms with van der Waals surface area (Å²) in [5.41, 5.74) is 2.39. The van der Waals surface area contributed by atoms with Crippen LogP contribution in [0.4, 0.5) is 0 Å². The molecule has 0 rings (SSSR count). The van der Waals surface area contributed by atoms with Gasteiger partial charge in [0.05, 0.1) is 13.7 Å². The molecule has 14 heavy (non-hydrogen) atoms. The molecule has 0 bridgehead atoms. The Morgan fingerprint density at radius 2 is 2.00 bits per heavy atom. The van der Waals surface area contributed by atoms with E-state index in [2.05, 4.69) is 22.4 Å². The van der Waals surface area contributed by atoms with E-state index < -0.39 is 10.2 Å². The van der Waals surface area contributed by atoms with Crippen molar-refractivity contribution in [3.8, 4) is 0 Å². The molecule has 0 saturated heterocycles. The highest BCUT2D eigenvalue weighted by atomic mass is 32.2. The lowest BCUT2D eigenvalue weighted by molar-refractivity contribution is 0.436. The molecule has 0 amide bonds. The van der Waals surface area contributed by atoms with Crippen LogP contribution < -0.4 is 5.14 Å². The second-order valence-corrected chi connectivity index (χ2v) is 4.90. The van der Waals surface area contributed by atoms with Crippen LogP contribution in [-0.4, -0.2) is 17.9 Å². The van der Waals surface area contributed by atoms with Gasteiger partial charge in [-0.25, -0.2) is 9.35 Å². The summed E-state index contributed by atoms with van der Waals surface area (Å²) in [5, 5.41) is 5.25. The Balaban J connectivity index is 4.48. The van der Waals surface area contributed by atoms with Gasteiger partial charge in [0.25, 0.3) is 0 Å². The maximum atomic E-state index is 11.2. The molecule has 0 aliphatic heterocycles. The summed E-state index contributed by atoms with van der Waals surface area (Å²) in [7, 11) is -1.63. The van der Waals surface area contributed by atoms with Crippen LogP contribution in [0.1, 0.15) is 33.6 Å². The minimum absolute atomic E-state index is 0.384. The van der Waals surface area contributed by atoms with Crippen molar-refractivity contribution in [2.45, 2.75) is 33.6 Å². The quantitative estimate of drug-likeness (QED) is 0.720. The summed E-state index contributed by atoms with van der Waals surface area (Å²) in [6, 6.07) is 0. The van der Waals surface area contributed by atoms with Crippen LogP contribution in [0.3, 0.4) is 0 Å². The van der Waals surface area contributed by atoms with Crippen LogP contribution in [-0.2, 0) is 14.4 Å². The third-order valence-corrected chi connectivity index (χ3v) is 3.04. The van der Waals surface area contributed by atoms with Gasteiger partial charge in [0, 0.05) is 0 Å². The van der Waals surface area contributed by atoms with Crippen molar-refractivity contribution >= 4 is 10.2 Å². The van der Waals surface area contributed by atoms with E-state index in [4.69, 9.17) is 5.14 Å². The first-order valence-corrected chi connectivity index (χ1v) is 6.14. The van der Waals surface area contributed by atoms with E-state index in [1.54, 1.807) is 0 Å². The minimum atomic E-state index is -2.92. The highest BCUT2D eigenvalue weighted by Gasteiger charge is 1.99. The average molecular weight is 220 g/mol. The predicted octanol–water partition coefficient (Wildman–Crippen LogP) is 2.03. The molecule has 0 heterocycles. The Hall–Kier alpha value is -0.390. The third-order valence-electron chi connectivity index (χ3n) is 2.07. The smallest absolute Gasteiger partial charge is 0.228 e. The van der Waals surface area contributed by atoms with E-state index in [1.807, 2.05) is 6.92 Å². The van der Waals surface area contributed by atoms with Gasteiger partial charge < -0.3 is 0 Å². The maximum absolute atomic E-state index is 11.2. The summed E-state index contributed by atoms with van der Waals surface area (Å²) >= 11 is 0. The standard InChI is InChI=1S/C9H20N2O2S/c1-5-6-8(2)9(3)7-11-14(10,12)13-4/h5-7H2,1-4H3,(H2,10,11,12)/b9-8-. The molecule has 1 atom stereocenters. The van der Waals surface area contributed by atoms with E-state index in [0.717, 1.165) is 18.4 Å². The molecule has 0 fully saturated rings. The Kier molecular flexibility index (Phi) is 5.99. The van der Waals surface area contributed by atoms with Gasteiger partial charge >= 0.3 is 0 Å². The molecule has 0 spiro atoms. The number of nitrogens with two attached hydrogens (primary N) is 1. The second kappa shape index (κ2) is 6.16. The van der Waals surface area contributed by atoms with Crippen molar-refractivity contribution in [1.82, 2.24) is 0 Å². The highest BCUT2D eigenvalue weighted by molar-refractivity contribution is 7.86. The molecule has 1 unspecified atom stereocenters. The van der Waals surface area contributed by atoms with Crippen molar-refractivity contribution in [1.29, 1.82) is 0 Å². The highest BCUT2D eigenvalue weighted by Crippen LogP contribution is 2.10. The van der Waals surface area contributed by atoms with Gasteiger partial charge in [-0.05, 0) is 20.3 Å². The Bertz CT molecular complexity index is 315. The van der Waals surface area contributed by atoms with Gasteiger partial charge in [-0.3, -0.25) is 4.18 Å². The van der Waals surface area contributed by atoms with Crippen LogP contribution in [0.2, 0.25) is 0 Å². The van der Waals surface area contributed by atoms with Gasteiger partial charge in [-0.1, -0.05) is 24.5 Å². The number of allylic oxidation sites excluding steroid dienone is 1. The lowest BCUT2D eigenvalue weighted by Crippen LogP contribution is -2.14. The van der Waals surface area contributed by atoms with Crippen molar-refractivity contribution < 1.29 is 8.39 Å². The SMILES string of the molecule is CCC/C(C)=C(/C)CN=S(N)(=O)OC. The molecule has 0 radical (unpaired) electrons.